The van der Waals surface area contributed by atoms with E-state index in [0.717, 1.165) is 35.3 Å². The molecule has 0 atom stereocenters. The second-order valence-electron chi connectivity index (χ2n) is 6.44. The standard InChI is InChI=1S/C18H19N3O3S2/c1-12-5-2-3-6-14(12)11-19-26(22,23)16-10-9-15(25-16)18-21-20-17(24-18)13-7-4-8-13/h2-3,5-6,9-10,13,19H,4,7-8,11H2,1H3. The molecule has 0 saturated heterocycles. The number of aromatic nitrogens is 2. The van der Waals surface area contributed by atoms with E-state index in [0.29, 0.717) is 22.6 Å². The highest BCUT2D eigenvalue weighted by Gasteiger charge is 2.26. The third-order valence-electron chi connectivity index (χ3n) is 4.67. The van der Waals surface area contributed by atoms with Crippen molar-refractivity contribution in [3.05, 3.63) is 53.4 Å². The van der Waals surface area contributed by atoms with Gasteiger partial charge in [0.1, 0.15) is 4.21 Å². The normalized spacial score (nSPS) is 15.1. The monoisotopic (exact) mass is 389 g/mol. The van der Waals surface area contributed by atoms with Crippen molar-refractivity contribution in [1.29, 1.82) is 0 Å². The van der Waals surface area contributed by atoms with Crippen LogP contribution in [0.4, 0.5) is 0 Å². The van der Waals surface area contributed by atoms with Gasteiger partial charge in [0.05, 0.1) is 4.88 Å². The lowest BCUT2D eigenvalue weighted by atomic mass is 9.85. The molecule has 2 heterocycles. The molecule has 136 valence electrons. The Morgan fingerprint density at radius 2 is 2.00 bits per heavy atom. The number of sulfonamides is 1. The van der Waals surface area contributed by atoms with E-state index in [2.05, 4.69) is 14.9 Å². The maximum absolute atomic E-state index is 12.6. The average molecular weight is 390 g/mol. The number of hydrogen-bond donors (Lipinski definition) is 1. The molecule has 1 aliphatic carbocycles. The Hall–Kier alpha value is -2.03. The Labute approximate surface area is 156 Å². The van der Waals surface area contributed by atoms with Crippen LogP contribution >= 0.6 is 11.3 Å². The van der Waals surface area contributed by atoms with Crippen LogP contribution in [0.3, 0.4) is 0 Å². The summed E-state index contributed by atoms with van der Waals surface area (Å²) in [6, 6.07) is 11.0. The van der Waals surface area contributed by atoms with Gasteiger partial charge < -0.3 is 4.42 Å². The highest BCUT2D eigenvalue weighted by Crippen LogP contribution is 2.37. The van der Waals surface area contributed by atoms with Crippen LogP contribution in [-0.4, -0.2) is 18.6 Å². The first-order valence-electron chi connectivity index (χ1n) is 8.51. The van der Waals surface area contributed by atoms with Crippen molar-refractivity contribution in [2.75, 3.05) is 0 Å². The lowest BCUT2D eigenvalue weighted by Crippen LogP contribution is -2.22. The fraction of sp³-hybridized carbons (Fsp3) is 0.333. The van der Waals surface area contributed by atoms with Gasteiger partial charge in [0.2, 0.25) is 15.9 Å². The molecule has 1 N–H and O–H groups in total. The van der Waals surface area contributed by atoms with Crippen LogP contribution in [0.2, 0.25) is 0 Å². The van der Waals surface area contributed by atoms with Crippen molar-refractivity contribution in [3.8, 4) is 10.8 Å². The number of rotatable bonds is 6. The van der Waals surface area contributed by atoms with Gasteiger partial charge in [-0.05, 0) is 43.0 Å². The van der Waals surface area contributed by atoms with E-state index in [1.807, 2.05) is 31.2 Å². The highest BCUT2D eigenvalue weighted by molar-refractivity contribution is 7.91. The molecule has 1 aliphatic rings. The Bertz CT molecular complexity index is 1020. The summed E-state index contributed by atoms with van der Waals surface area (Å²) in [7, 11) is -3.59. The first-order chi connectivity index (χ1) is 12.5. The molecular weight excluding hydrogens is 370 g/mol. The molecule has 3 aromatic rings. The van der Waals surface area contributed by atoms with Gasteiger partial charge in [-0.1, -0.05) is 30.7 Å². The zero-order valence-electron chi connectivity index (χ0n) is 14.3. The van der Waals surface area contributed by atoms with Crippen LogP contribution in [0.1, 0.15) is 42.2 Å². The topological polar surface area (TPSA) is 85.1 Å². The second kappa shape index (κ2) is 6.94. The molecule has 0 spiro atoms. The summed E-state index contributed by atoms with van der Waals surface area (Å²) in [5.41, 5.74) is 2.01. The van der Waals surface area contributed by atoms with E-state index >= 15 is 0 Å². The molecule has 1 fully saturated rings. The molecule has 26 heavy (non-hydrogen) atoms. The molecule has 2 aromatic heterocycles. The first-order valence-corrected chi connectivity index (χ1v) is 10.8. The van der Waals surface area contributed by atoms with E-state index in [1.54, 1.807) is 12.1 Å². The fourth-order valence-corrected chi connectivity index (χ4v) is 5.06. The molecule has 0 unspecified atom stereocenters. The number of nitrogens with zero attached hydrogens (tertiary/aromatic N) is 2. The molecular formula is C18H19N3O3S2. The lowest BCUT2D eigenvalue weighted by Gasteiger charge is -2.20. The molecule has 6 nitrogen and oxygen atoms in total. The summed E-state index contributed by atoms with van der Waals surface area (Å²) < 4.78 is 33.7. The van der Waals surface area contributed by atoms with Crippen molar-refractivity contribution in [3.63, 3.8) is 0 Å². The molecule has 1 aromatic carbocycles. The van der Waals surface area contributed by atoms with Crippen molar-refractivity contribution in [2.24, 2.45) is 0 Å². The Balaban J connectivity index is 1.49. The Morgan fingerprint density at radius 1 is 1.19 bits per heavy atom. The Morgan fingerprint density at radius 3 is 2.73 bits per heavy atom. The predicted molar refractivity (Wildman–Crippen MR) is 99.4 cm³/mol. The summed E-state index contributed by atoms with van der Waals surface area (Å²) in [5, 5.41) is 8.17. The third-order valence-corrected chi connectivity index (χ3v) is 7.63. The van der Waals surface area contributed by atoms with Crippen LogP contribution in [0.15, 0.2) is 45.0 Å². The average Bonchev–Trinajstić information content (AvgIpc) is 3.22. The van der Waals surface area contributed by atoms with E-state index in [-0.39, 0.29) is 10.8 Å². The van der Waals surface area contributed by atoms with E-state index in [9.17, 15) is 8.42 Å². The van der Waals surface area contributed by atoms with Gasteiger partial charge in [0.15, 0.2) is 0 Å². The zero-order valence-corrected chi connectivity index (χ0v) is 15.9. The number of hydrogen-bond acceptors (Lipinski definition) is 6. The quantitative estimate of drug-likeness (QED) is 0.692. The number of benzene rings is 1. The molecule has 1 saturated carbocycles. The smallest absolute Gasteiger partial charge is 0.257 e. The van der Waals surface area contributed by atoms with Crippen molar-refractivity contribution >= 4 is 21.4 Å². The van der Waals surface area contributed by atoms with Crippen LogP contribution in [0, 0.1) is 6.92 Å². The maximum atomic E-state index is 12.6. The number of nitrogens with one attached hydrogen (secondary N) is 1. The van der Waals surface area contributed by atoms with Gasteiger partial charge >= 0.3 is 0 Å². The van der Waals surface area contributed by atoms with E-state index in [4.69, 9.17) is 4.42 Å². The van der Waals surface area contributed by atoms with Crippen molar-refractivity contribution in [1.82, 2.24) is 14.9 Å². The minimum absolute atomic E-state index is 0.240. The Kier molecular flexibility index (Phi) is 4.64. The summed E-state index contributed by atoms with van der Waals surface area (Å²) in [6.07, 6.45) is 3.35. The van der Waals surface area contributed by atoms with E-state index in [1.165, 1.54) is 6.42 Å². The fourth-order valence-electron chi connectivity index (χ4n) is 2.79. The molecule has 4 rings (SSSR count). The second-order valence-corrected chi connectivity index (χ2v) is 9.52. The first kappa shape index (κ1) is 17.4. The largest absolute Gasteiger partial charge is 0.420 e. The summed E-state index contributed by atoms with van der Waals surface area (Å²) in [6.45, 7) is 2.22. The minimum Gasteiger partial charge on any atom is -0.420 e. The van der Waals surface area contributed by atoms with Gasteiger partial charge in [-0.25, -0.2) is 13.1 Å². The zero-order chi connectivity index (χ0) is 18.1. The summed E-state index contributed by atoms with van der Waals surface area (Å²) in [4.78, 5) is 0.666. The SMILES string of the molecule is Cc1ccccc1CNS(=O)(=O)c1ccc(-c2nnc(C3CCC3)o2)s1. The van der Waals surface area contributed by atoms with Crippen molar-refractivity contribution in [2.45, 2.75) is 42.9 Å². The van der Waals surface area contributed by atoms with Gasteiger partial charge in [0.25, 0.3) is 5.89 Å². The molecule has 0 aliphatic heterocycles. The summed E-state index contributed by atoms with van der Waals surface area (Å²) >= 11 is 1.14. The molecule has 8 heteroatoms. The third kappa shape index (κ3) is 3.44. The van der Waals surface area contributed by atoms with Crippen LogP contribution in [0.25, 0.3) is 10.8 Å². The molecule has 0 bridgehead atoms. The highest BCUT2D eigenvalue weighted by atomic mass is 32.2. The number of aryl methyl sites for hydroxylation is 1. The van der Waals surface area contributed by atoms with Crippen LogP contribution in [-0.2, 0) is 16.6 Å². The minimum atomic E-state index is -3.59. The van der Waals surface area contributed by atoms with Gasteiger partial charge in [0, 0.05) is 12.5 Å². The van der Waals surface area contributed by atoms with Gasteiger partial charge in [-0.2, -0.15) is 0 Å². The van der Waals surface area contributed by atoms with Gasteiger partial charge in [-0.3, -0.25) is 0 Å². The van der Waals surface area contributed by atoms with Crippen molar-refractivity contribution < 1.29 is 12.8 Å². The molecule has 0 amide bonds. The molecule has 0 radical (unpaired) electrons. The van der Waals surface area contributed by atoms with Crippen LogP contribution < -0.4 is 4.72 Å². The van der Waals surface area contributed by atoms with Crippen LogP contribution in [0.5, 0.6) is 0 Å². The van der Waals surface area contributed by atoms with Gasteiger partial charge in [-0.15, -0.1) is 21.5 Å². The lowest BCUT2D eigenvalue weighted by molar-refractivity contribution is 0.338. The summed E-state index contributed by atoms with van der Waals surface area (Å²) in [5.74, 6) is 1.40. The van der Waals surface area contributed by atoms with E-state index < -0.39 is 10.0 Å². The number of thiophene rings is 1. The predicted octanol–water partition coefficient (Wildman–Crippen LogP) is 3.85. The maximum Gasteiger partial charge on any atom is 0.257 e.